The summed E-state index contributed by atoms with van der Waals surface area (Å²) in [4.78, 5) is 53.3. The second-order valence-electron chi connectivity index (χ2n) is 11.8. The summed E-state index contributed by atoms with van der Waals surface area (Å²) in [5, 5.41) is 11.2. The minimum absolute atomic E-state index is 0. The average Bonchev–Trinajstić information content (AvgIpc) is 3.26. The van der Waals surface area contributed by atoms with Crippen LogP contribution >= 0.6 is 0 Å². The summed E-state index contributed by atoms with van der Waals surface area (Å²) in [6.45, 7) is 12.2. The average molecular weight is 846 g/mol. The molecule has 3 unspecified atom stereocenters. The predicted octanol–water partition coefficient (Wildman–Crippen LogP) is 8.85. The van der Waals surface area contributed by atoms with Crippen molar-refractivity contribution in [3.05, 3.63) is 190 Å². The van der Waals surface area contributed by atoms with Gasteiger partial charge in [0.2, 0.25) is 18.9 Å². The van der Waals surface area contributed by atoms with E-state index in [9.17, 15) is 45.9 Å². The van der Waals surface area contributed by atoms with E-state index in [0.29, 0.717) is 30.2 Å². The standard InChI is InChI=1S/C9H9FN2O2.2C9H9FN2O.C9H8FN.C7H5FO.CH4/c10-8-3-1-7(2-4-8)9(11-5-13)12-6-14;2*1-7(12-11-6-13)8-2-4-9(10)5-3-8;1-7(11-2)8-3-5-9(10)6-4-8;8-7-3-1-6(5-9)2-4-7;/h1-6,9H,(H,11,13)(H,12,14);2*2-5,7,12H,1H3;3-7H,1H3;1-5H;1H4. The number of benzene rings is 5. The van der Waals surface area contributed by atoms with Crippen LogP contribution in [-0.2, 0) is 19.2 Å². The van der Waals surface area contributed by atoms with Gasteiger partial charge in [0.15, 0.2) is 0 Å². The topological polar surface area (TPSA) is 163 Å². The van der Waals surface area contributed by atoms with Crippen molar-refractivity contribution in [2.24, 2.45) is 10.2 Å². The fourth-order valence-corrected chi connectivity index (χ4v) is 4.29. The number of isocyanates is 2. The quantitative estimate of drug-likeness (QED) is 0.0175. The van der Waals surface area contributed by atoms with Gasteiger partial charge in [-0.05, 0) is 115 Å². The van der Waals surface area contributed by atoms with Crippen molar-refractivity contribution < 1.29 is 45.9 Å². The Kier molecular flexibility index (Phi) is 27.2. The zero-order chi connectivity index (χ0) is 44.7. The molecule has 0 aromatic heterocycles. The third-order valence-corrected chi connectivity index (χ3v) is 7.57. The van der Waals surface area contributed by atoms with Crippen LogP contribution in [0.5, 0.6) is 0 Å². The number of carbonyl (C=O) groups is 3. The van der Waals surface area contributed by atoms with Crippen LogP contribution in [0, 0.1) is 35.7 Å². The van der Waals surface area contributed by atoms with Crippen LogP contribution in [0.3, 0.4) is 0 Å². The lowest BCUT2D eigenvalue weighted by atomic mass is 10.1. The Bertz CT molecular complexity index is 2070. The number of hydrazone groups is 2. The number of rotatable bonds is 13. The molecular weight excluding hydrogens is 802 g/mol. The number of carbonyl (C=O) groups excluding carboxylic acids is 5. The molecule has 0 saturated carbocycles. The third kappa shape index (κ3) is 22.7. The van der Waals surface area contributed by atoms with E-state index in [1.54, 1.807) is 43.3 Å². The highest BCUT2D eigenvalue weighted by Crippen LogP contribution is 2.16. The van der Waals surface area contributed by atoms with E-state index >= 15 is 0 Å². The highest BCUT2D eigenvalue weighted by molar-refractivity contribution is 5.74. The molecule has 0 spiro atoms. The Morgan fingerprint density at radius 2 is 0.820 bits per heavy atom. The molecule has 4 N–H and O–H groups in total. The van der Waals surface area contributed by atoms with E-state index in [0.717, 1.165) is 16.7 Å². The summed E-state index contributed by atoms with van der Waals surface area (Å²) in [7, 11) is 0. The van der Waals surface area contributed by atoms with Gasteiger partial charge in [-0.15, -0.1) is 0 Å². The van der Waals surface area contributed by atoms with E-state index in [1.165, 1.54) is 97.1 Å². The van der Waals surface area contributed by atoms with Gasteiger partial charge in [-0.2, -0.15) is 0 Å². The first-order valence-corrected chi connectivity index (χ1v) is 17.5. The molecule has 0 heterocycles. The normalized spacial score (nSPS) is 10.6. The highest BCUT2D eigenvalue weighted by atomic mass is 19.1. The van der Waals surface area contributed by atoms with Crippen LogP contribution in [0.15, 0.2) is 132 Å². The first-order valence-electron chi connectivity index (χ1n) is 17.5. The van der Waals surface area contributed by atoms with Gasteiger partial charge in [0.1, 0.15) is 41.5 Å². The lowest BCUT2D eigenvalue weighted by Gasteiger charge is -2.14. The maximum atomic E-state index is 12.5. The molecule has 5 rings (SSSR count). The molecule has 17 heteroatoms. The Labute approximate surface area is 350 Å². The van der Waals surface area contributed by atoms with Gasteiger partial charge in [-0.3, -0.25) is 25.2 Å². The maximum Gasteiger partial charge on any atom is 0.258 e. The summed E-state index contributed by atoms with van der Waals surface area (Å²) in [6.07, 6.45) is 3.72. The molecule has 12 nitrogen and oxygen atoms in total. The van der Waals surface area contributed by atoms with Crippen molar-refractivity contribution in [2.45, 2.75) is 52.5 Å². The molecule has 0 aliphatic carbocycles. The SMILES string of the molecule is C.CC(NN=C=O)c1ccc(F)cc1.CC(NN=C=O)c1ccc(F)cc1.O=CNC(NC=O)c1ccc(F)cc1.O=Cc1ccc(F)cc1.[C-]#[N+]C(C)c1ccc(F)cc1. The van der Waals surface area contributed by atoms with Crippen LogP contribution in [0.4, 0.5) is 22.0 Å². The second-order valence-corrected chi connectivity index (χ2v) is 11.8. The zero-order valence-corrected chi connectivity index (χ0v) is 32.4. The Morgan fingerprint density at radius 1 is 0.525 bits per heavy atom. The van der Waals surface area contributed by atoms with Crippen LogP contribution in [0.1, 0.15) is 85.1 Å². The summed E-state index contributed by atoms with van der Waals surface area (Å²) >= 11 is 0. The lowest BCUT2D eigenvalue weighted by molar-refractivity contribution is -0.112. The molecule has 5 aromatic carbocycles. The molecule has 0 aliphatic heterocycles. The number of amides is 2. The molecule has 0 radical (unpaired) electrons. The molecule has 2 amide bonds. The molecule has 0 saturated heterocycles. The minimum atomic E-state index is -0.620. The number of hydrogen-bond donors (Lipinski definition) is 4. The van der Waals surface area contributed by atoms with Gasteiger partial charge in [0, 0.05) is 18.1 Å². The van der Waals surface area contributed by atoms with Gasteiger partial charge in [0.05, 0.1) is 12.1 Å². The van der Waals surface area contributed by atoms with Crippen molar-refractivity contribution in [3.63, 3.8) is 0 Å². The fourth-order valence-electron chi connectivity index (χ4n) is 4.29. The summed E-state index contributed by atoms with van der Waals surface area (Å²) in [6, 6.07) is 28.4. The molecule has 5 aromatic rings. The molecule has 3 atom stereocenters. The monoisotopic (exact) mass is 845 g/mol. The van der Waals surface area contributed by atoms with Crippen LogP contribution in [-0.4, -0.2) is 31.3 Å². The first kappa shape index (κ1) is 53.2. The van der Waals surface area contributed by atoms with Crippen LogP contribution < -0.4 is 21.5 Å². The van der Waals surface area contributed by atoms with Crippen molar-refractivity contribution in [2.75, 3.05) is 0 Å². The summed E-state index contributed by atoms with van der Waals surface area (Å²) < 4.78 is 62.0. The van der Waals surface area contributed by atoms with Crippen molar-refractivity contribution in [1.29, 1.82) is 0 Å². The highest BCUT2D eigenvalue weighted by Gasteiger charge is 2.08. The van der Waals surface area contributed by atoms with Crippen LogP contribution in [0.25, 0.3) is 4.85 Å². The predicted molar refractivity (Wildman–Crippen MR) is 220 cm³/mol. The second kappa shape index (κ2) is 31.2. The Hall–Kier alpha value is -7.79. The minimum Gasteiger partial charge on any atom is -0.335 e. The van der Waals surface area contributed by atoms with E-state index in [2.05, 4.69) is 36.5 Å². The first-order chi connectivity index (χ1) is 28.8. The van der Waals surface area contributed by atoms with Gasteiger partial charge in [-0.25, -0.2) is 38.1 Å². The zero-order valence-electron chi connectivity index (χ0n) is 32.4. The molecule has 0 bridgehead atoms. The van der Waals surface area contributed by atoms with E-state index in [1.807, 2.05) is 13.8 Å². The molecule has 61 heavy (non-hydrogen) atoms. The van der Waals surface area contributed by atoms with Gasteiger partial charge < -0.3 is 15.5 Å². The van der Waals surface area contributed by atoms with Gasteiger partial charge in [-0.1, -0.05) is 54.0 Å². The molecule has 0 aliphatic rings. The largest absolute Gasteiger partial charge is 0.335 e. The van der Waals surface area contributed by atoms with E-state index in [-0.39, 0.29) is 54.6 Å². The fraction of sp³-hybridized carbons (Fsp3) is 0.182. The van der Waals surface area contributed by atoms with Crippen molar-refractivity contribution in [3.8, 4) is 0 Å². The molecule has 320 valence electrons. The lowest BCUT2D eigenvalue weighted by Crippen LogP contribution is -2.32. The van der Waals surface area contributed by atoms with Crippen LogP contribution in [0.2, 0.25) is 0 Å². The smallest absolute Gasteiger partial charge is 0.258 e. The number of nitrogens with zero attached hydrogens (tertiary/aromatic N) is 3. The number of halogens is 5. The summed E-state index contributed by atoms with van der Waals surface area (Å²) in [5.41, 5.74) is 8.78. The Morgan fingerprint density at radius 3 is 1.10 bits per heavy atom. The third-order valence-electron chi connectivity index (χ3n) is 7.57. The number of nitrogens with one attached hydrogen (secondary N) is 4. The van der Waals surface area contributed by atoms with Gasteiger partial charge >= 0.3 is 0 Å². The number of hydrogen-bond acceptors (Lipinski definition) is 9. The molecule has 0 fully saturated rings. The van der Waals surface area contributed by atoms with E-state index < -0.39 is 6.17 Å². The van der Waals surface area contributed by atoms with Gasteiger partial charge in [0.25, 0.3) is 12.2 Å². The maximum absolute atomic E-state index is 12.5. The van der Waals surface area contributed by atoms with Crippen molar-refractivity contribution >= 4 is 31.3 Å². The number of aldehydes is 1. The Balaban J connectivity index is 0.000000740. The summed E-state index contributed by atoms with van der Waals surface area (Å²) in [5.74, 6) is -1.51. The van der Waals surface area contributed by atoms with Crippen molar-refractivity contribution in [1.82, 2.24) is 21.5 Å². The van der Waals surface area contributed by atoms with E-state index in [4.69, 9.17) is 6.57 Å². The molecular formula is C44H44F5N7O5.